The standard InChI is InChI=1S/C25H30FN3O3/c1-13-14(2)28-22-18(23(27)30)11-19(26)21(20(13)22)17-8-6-7-15-12-29(10-9-16(15)17)24(31)32-25(3,4)5/h6-8,18,28H,9-12H2,1-5H3,(H2,27,30). The Bertz CT molecular complexity index is 1140. The predicted octanol–water partition coefficient (Wildman–Crippen LogP) is 4.63. The number of nitrogens with zero attached hydrogens (tertiary/aromatic N) is 1. The van der Waals surface area contributed by atoms with Crippen molar-refractivity contribution in [1.82, 2.24) is 9.88 Å². The smallest absolute Gasteiger partial charge is 0.410 e. The molecule has 32 heavy (non-hydrogen) atoms. The second kappa shape index (κ2) is 7.80. The summed E-state index contributed by atoms with van der Waals surface area (Å²) >= 11 is 0. The van der Waals surface area contributed by atoms with Crippen LogP contribution < -0.4 is 5.73 Å². The molecule has 0 saturated carbocycles. The van der Waals surface area contributed by atoms with Crippen LogP contribution in [0.2, 0.25) is 0 Å². The van der Waals surface area contributed by atoms with Gasteiger partial charge in [0, 0.05) is 42.0 Å². The van der Waals surface area contributed by atoms with Crippen molar-refractivity contribution in [2.24, 2.45) is 5.73 Å². The first kappa shape index (κ1) is 22.1. The van der Waals surface area contributed by atoms with Crippen LogP contribution in [0.1, 0.15) is 72.3 Å². The van der Waals surface area contributed by atoms with Gasteiger partial charge in [-0.2, -0.15) is 0 Å². The van der Waals surface area contributed by atoms with Crippen LogP contribution in [0.4, 0.5) is 9.18 Å². The van der Waals surface area contributed by atoms with Crippen molar-refractivity contribution < 1.29 is 18.7 Å². The zero-order valence-corrected chi connectivity index (χ0v) is 19.3. The van der Waals surface area contributed by atoms with Crippen molar-refractivity contribution in [2.75, 3.05) is 6.54 Å². The summed E-state index contributed by atoms with van der Waals surface area (Å²) in [5, 5.41) is 0. The van der Waals surface area contributed by atoms with Crippen molar-refractivity contribution in [3.05, 3.63) is 63.2 Å². The van der Waals surface area contributed by atoms with Crippen LogP contribution in [0.25, 0.3) is 5.57 Å². The number of nitrogens with two attached hydrogens (primary N) is 1. The number of H-pyrrole nitrogens is 1. The van der Waals surface area contributed by atoms with Gasteiger partial charge in [-0.05, 0) is 63.3 Å². The highest BCUT2D eigenvalue weighted by Crippen LogP contribution is 2.46. The molecule has 1 unspecified atom stereocenters. The first-order valence-corrected chi connectivity index (χ1v) is 10.9. The van der Waals surface area contributed by atoms with Gasteiger partial charge >= 0.3 is 6.09 Å². The Morgan fingerprint density at radius 3 is 2.62 bits per heavy atom. The largest absolute Gasteiger partial charge is 0.444 e. The number of halogens is 1. The number of benzene rings is 1. The van der Waals surface area contributed by atoms with Crippen LogP contribution in [0.5, 0.6) is 0 Å². The molecule has 1 atom stereocenters. The van der Waals surface area contributed by atoms with Gasteiger partial charge in [0.1, 0.15) is 11.4 Å². The molecule has 0 saturated heterocycles. The van der Waals surface area contributed by atoms with Crippen molar-refractivity contribution in [3.8, 4) is 0 Å². The lowest BCUT2D eigenvalue weighted by molar-refractivity contribution is -0.119. The number of aromatic amines is 1. The minimum absolute atomic E-state index is 0.0508. The van der Waals surface area contributed by atoms with Gasteiger partial charge in [0.2, 0.25) is 5.91 Å². The molecule has 4 rings (SSSR count). The quantitative estimate of drug-likeness (QED) is 0.715. The number of carbonyl (C=O) groups excluding carboxylic acids is 2. The van der Waals surface area contributed by atoms with E-state index in [-0.39, 0.29) is 18.3 Å². The SMILES string of the molecule is Cc1[nH]c2c(c1C)C(c1cccc3c1CCN(C(=O)OC(C)(C)C)C3)=C(F)CC2C(N)=O. The molecule has 3 N–H and O–H groups in total. The Hall–Kier alpha value is -3.09. The van der Waals surface area contributed by atoms with Gasteiger partial charge < -0.3 is 20.4 Å². The number of aryl methyl sites for hydroxylation is 1. The fraction of sp³-hybridized carbons (Fsp3) is 0.440. The predicted molar refractivity (Wildman–Crippen MR) is 121 cm³/mol. The van der Waals surface area contributed by atoms with Crippen molar-refractivity contribution in [3.63, 3.8) is 0 Å². The molecular formula is C25H30FN3O3. The number of allylic oxidation sites excluding steroid dienone is 1. The number of fused-ring (bicyclic) bond motifs is 2. The molecule has 6 nitrogen and oxygen atoms in total. The molecular weight excluding hydrogens is 409 g/mol. The van der Waals surface area contributed by atoms with Crippen molar-refractivity contribution in [2.45, 2.75) is 65.5 Å². The van der Waals surface area contributed by atoms with Crippen molar-refractivity contribution in [1.29, 1.82) is 0 Å². The molecule has 0 spiro atoms. The number of rotatable bonds is 2. The molecule has 0 radical (unpaired) electrons. The van der Waals surface area contributed by atoms with Gasteiger partial charge in [0.15, 0.2) is 0 Å². The highest BCUT2D eigenvalue weighted by atomic mass is 19.1. The third-order valence-corrected chi connectivity index (χ3v) is 6.31. The van der Waals surface area contributed by atoms with Gasteiger partial charge in [0.25, 0.3) is 0 Å². The molecule has 1 aromatic carbocycles. The Morgan fingerprint density at radius 2 is 1.97 bits per heavy atom. The molecule has 170 valence electrons. The summed E-state index contributed by atoms with van der Waals surface area (Å²) in [7, 11) is 0. The third-order valence-electron chi connectivity index (χ3n) is 6.31. The van der Waals surface area contributed by atoms with E-state index < -0.39 is 17.4 Å². The maximum atomic E-state index is 15.5. The molecule has 7 heteroatoms. The summed E-state index contributed by atoms with van der Waals surface area (Å²) in [5.74, 6) is -1.57. The number of ether oxygens (including phenoxy) is 1. The molecule has 0 fully saturated rings. The minimum Gasteiger partial charge on any atom is -0.444 e. The van der Waals surface area contributed by atoms with Crippen LogP contribution >= 0.6 is 0 Å². The number of hydrogen-bond acceptors (Lipinski definition) is 3. The summed E-state index contributed by atoms with van der Waals surface area (Å²) < 4.78 is 21.1. The van der Waals surface area contributed by atoms with Gasteiger partial charge in [0.05, 0.1) is 5.92 Å². The average molecular weight is 440 g/mol. The molecule has 0 bridgehead atoms. The fourth-order valence-corrected chi connectivity index (χ4v) is 4.70. The number of carbonyl (C=O) groups is 2. The number of hydrogen-bond donors (Lipinski definition) is 2. The Balaban J connectivity index is 1.76. The monoisotopic (exact) mass is 439 g/mol. The normalized spacial score (nSPS) is 18.3. The number of primary amides is 1. The molecule has 2 aliphatic rings. The zero-order chi connectivity index (χ0) is 23.4. The Labute approximate surface area is 187 Å². The third kappa shape index (κ3) is 3.80. The van der Waals surface area contributed by atoms with E-state index in [0.717, 1.165) is 33.5 Å². The second-order valence-electron chi connectivity index (χ2n) is 9.70. The van der Waals surface area contributed by atoms with Crippen molar-refractivity contribution >= 4 is 17.6 Å². The maximum absolute atomic E-state index is 15.5. The van der Waals surface area contributed by atoms with E-state index in [0.29, 0.717) is 30.8 Å². The zero-order valence-electron chi connectivity index (χ0n) is 19.3. The maximum Gasteiger partial charge on any atom is 0.410 e. The van der Waals surface area contributed by atoms with Gasteiger partial charge in [-0.25, -0.2) is 9.18 Å². The van der Waals surface area contributed by atoms with E-state index in [1.165, 1.54) is 0 Å². The lowest BCUT2D eigenvalue weighted by atomic mass is 9.79. The molecule has 1 aliphatic heterocycles. The summed E-state index contributed by atoms with van der Waals surface area (Å²) in [4.78, 5) is 29.5. The summed E-state index contributed by atoms with van der Waals surface area (Å²) in [6, 6.07) is 5.79. The fourth-order valence-electron chi connectivity index (χ4n) is 4.70. The van der Waals surface area contributed by atoms with E-state index >= 15 is 4.39 Å². The van der Waals surface area contributed by atoms with E-state index in [9.17, 15) is 9.59 Å². The first-order valence-electron chi connectivity index (χ1n) is 10.9. The lowest BCUT2D eigenvalue weighted by Gasteiger charge is -2.33. The van der Waals surface area contributed by atoms with E-state index in [2.05, 4.69) is 4.98 Å². The van der Waals surface area contributed by atoms with Gasteiger partial charge in [-0.1, -0.05) is 18.2 Å². The minimum atomic E-state index is -0.705. The molecule has 1 aliphatic carbocycles. The van der Waals surface area contributed by atoms with Gasteiger partial charge in [-0.15, -0.1) is 0 Å². The van der Waals surface area contributed by atoms with Gasteiger partial charge in [-0.3, -0.25) is 4.79 Å². The van der Waals surface area contributed by atoms with Crippen LogP contribution in [0, 0.1) is 13.8 Å². The average Bonchev–Trinajstić information content (AvgIpc) is 3.00. The van der Waals surface area contributed by atoms with E-state index in [1.54, 1.807) is 4.90 Å². The van der Waals surface area contributed by atoms with Crippen LogP contribution in [0.15, 0.2) is 24.0 Å². The lowest BCUT2D eigenvalue weighted by Crippen LogP contribution is -2.40. The summed E-state index contributed by atoms with van der Waals surface area (Å²) in [6.07, 6.45) is 0.198. The molecule has 2 aromatic rings. The Morgan fingerprint density at radius 1 is 1.25 bits per heavy atom. The molecule has 2 heterocycles. The molecule has 2 amide bonds. The van der Waals surface area contributed by atoms with Crippen LogP contribution in [-0.2, 0) is 22.5 Å². The summed E-state index contributed by atoms with van der Waals surface area (Å²) in [6.45, 7) is 10.3. The summed E-state index contributed by atoms with van der Waals surface area (Å²) in [5.41, 5.74) is 11.6. The number of amides is 2. The van der Waals surface area contributed by atoms with Crippen LogP contribution in [-0.4, -0.2) is 34.0 Å². The highest BCUT2D eigenvalue weighted by Gasteiger charge is 2.36. The van der Waals surface area contributed by atoms with Crippen LogP contribution in [0.3, 0.4) is 0 Å². The number of nitrogens with one attached hydrogen (secondary N) is 1. The van der Waals surface area contributed by atoms with E-state index in [4.69, 9.17) is 10.5 Å². The van der Waals surface area contributed by atoms with E-state index in [1.807, 2.05) is 52.8 Å². The topological polar surface area (TPSA) is 88.4 Å². The highest BCUT2D eigenvalue weighted by molar-refractivity contribution is 5.93. The first-order chi connectivity index (χ1) is 15.0. The number of aromatic nitrogens is 1. The molecule has 1 aromatic heterocycles. The second-order valence-corrected chi connectivity index (χ2v) is 9.70. The Kier molecular flexibility index (Phi) is 5.39.